The summed E-state index contributed by atoms with van der Waals surface area (Å²) < 4.78 is 38.9. The van der Waals surface area contributed by atoms with Gasteiger partial charge in [0, 0.05) is 17.0 Å². The summed E-state index contributed by atoms with van der Waals surface area (Å²) >= 11 is 1.08. The summed E-state index contributed by atoms with van der Waals surface area (Å²) in [6, 6.07) is 17.8. The van der Waals surface area contributed by atoms with Gasteiger partial charge in [0.05, 0.1) is 22.1 Å². The number of carbonyl (C=O) groups is 3. The quantitative estimate of drug-likeness (QED) is 0.473. The molecule has 174 valence electrons. The molecule has 1 saturated heterocycles. The minimum atomic E-state index is -4.53. The van der Waals surface area contributed by atoms with Crippen molar-refractivity contribution >= 4 is 40.9 Å². The Morgan fingerprint density at radius 3 is 2.41 bits per heavy atom. The lowest BCUT2D eigenvalue weighted by Gasteiger charge is -2.16. The van der Waals surface area contributed by atoms with Crippen molar-refractivity contribution in [2.24, 2.45) is 0 Å². The molecule has 5 nitrogen and oxygen atoms in total. The van der Waals surface area contributed by atoms with Crippen LogP contribution in [-0.4, -0.2) is 23.0 Å². The lowest BCUT2D eigenvalue weighted by Crippen LogP contribution is -2.31. The van der Waals surface area contributed by atoms with E-state index in [1.54, 1.807) is 30.3 Å². The molecular weight excluding hydrogens is 465 g/mol. The summed E-state index contributed by atoms with van der Waals surface area (Å²) in [4.78, 5) is 40.0. The molecule has 0 saturated carbocycles. The van der Waals surface area contributed by atoms with Gasteiger partial charge in [-0.25, -0.2) is 4.90 Å². The number of nitrogens with one attached hydrogen (secondary N) is 1. The number of benzene rings is 3. The molecule has 1 aliphatic heterocycles. The normalized spacial score (nSPS) is 16.1. The van der Waals surface area contributed by atoms with E-state index in [4.69, 9.17) is 0 Å². The number of anilines is 2. The topological polar surface area (TPSA) is 66.5 Å². The van der Waals surface area contributed by atoms with Gasteiger partial charge in [0.2, 0.25) is 11.8 Å². The summed E-state index contributed by atoms with van der Waals surface area (Å²) in [7, 11) is 0. The van der Waals surface area contributed by atoms with Crippen LogP contribution in [0.4, 0.5) is 24.5 Å². The van der Waals surface area contributed by atoms with Crippen LogP contribution >= 0.6 is 11.8 Å². The molecule has 3 aromatic rings. The summed E-state index contributed by atoms with van der Waals surface area (Å²) in [5, 5.41) is 1.76. The zero-order valence-electron chi connectivity index (χ0n) is 17.9. The highest BCUT2D eigenvalue weighted by atomic mass is 32.2. The first kappa shape index (κ1) is 23.6. The molecule has 0 aromatic heterocycles. The number of imide groups is 1. The average molecular weight is 484 g/mol. The molecule has 1 aliphatic rings. The highest BCUT2D eigenvalue weighted by Crippen LogP contribution is 2.36. The number of hydrogen-bond acceptors (Lipinski definition) is 4. The molecule has 9 heteroatoms. The van der Waals surface area contributed by atoms with Gasteiger partial charge in [0.1, 0.15) is 0 Å². The fraction of sp³-hybridized carbons (Fsp3) is 0.160. The molecule has 1 atom stereocenters. The molecule has 3 aromatic carbocycles. The SMILES string of the molecule is Cc1ccc(N2C(=O)CC(Sc3ccccc3C(=O)Nc3cccc(C(F)(F)F)c3)C2=O)cc1. The van der Waals surface area contributed by atoms with Crippen molar-refractivity contribution in [3.8, 4) is 0 Å². The van der Waals surface area contributed by atoms with E-state index in [0.29, 0.717) is 10.6 Å². The molecule has 1 heterocycles. The van der Waals surface area contributed by atoms with Crippen LogP contribution in [0, 0.1) is 6.92 Å². The molecule has 1 fully saturated rings. The molecule has 0 spiro atoms. The fourth-order valence-corrected chi connectivity index (χ4v) is 4.73. The largest absolute Gasteiger partial charge is 0.416 e. The molecule has 1 unspecified atom stereocenters. The van der Waals surface area contributed by atoms with Crippen LogP contribution in [0.3, 0.4) is 0 Å². The van der Waals surface area contributed by atoms with Crippen LogP contribution in [0.2, 0.25) is 0 Å². The first-order valence-electron chi connectivity index (χ1n) is 10.3. The van der Waals surface area contributed by atoms with Gasteiger partial charge in [-0.2, -0.15) is 13.2 Å². The summed E-state index contributed by atoms with van der Waals surface area (Å²) in [6.45, 7) is 1.90. The predicted molar refractivity (Wildman–Crippen MR) is 124 cm³/mol. The van der Waals surface area contributed by atoms with Crippen molar-refractivity contribution in [1.29, 1.82) is 0 Å². The van der Waals surface area contributed by atoms with E-state index in [-0.39, 0.29) is 29.5 Å². The highest BCUT2D eigenvalue weighted by Gasteiger charge is 2.40. The summed E-state index contributed by atoms with van der Waals surface area (Å²) in [6.07, 6.45) is -4.56. The van der Waals surface area contributed by atoms with Gasteiger partial charge in [-0.3, -0.25) is 14.4 Å². The van der Waals surface area contributed by atoms with Crippen LogP contribution in [0.25, 0.3) is 0 Å². The Morgan fingerprint density at radius 1 is 1.00 bits per heavy atom. The smallest absolute Gasteiger partial charge is 0.322 e. The van der Waals surface area contributed by atoms with Gasteiger partial charge in [0.15, 0.2) is 0 Å². The van der Waals surface area contributed by atoms with E-state index in [1.165, 1.54) is 18.2 Å². The van der Waals surface area contributed by atoms with E-state index in [9.17, 15) is 27.6 Å². The second kappa shape index (κ2) is 9.34. The second-order valence-electron chi connectivity index (χ2n) is 7.74. The Balaban J connectivity index is 1.53. The third-order valence-electron chi connectivity index (χ3n) is 5.25. The number of aryl methyl sites for hydroxylation is 1. The average Bonchev–Trinajstić information content (AvgIpc) is 3.07. The van der Waals surface area contributed by atoms with Crippen LogP contribution in [0.15, 0.2) is 77.7 Å². The molecule has 0 bridgehead atoms. The fourth-order valence-electron chi connectivity index (χ4n) is 3.54. The molecule has 0 aliphatic carbocycles. The van der Waals surface area contributed by atoms with Crippen LogP contribution in [0.5, 0.6) is 0 Å². The van der Waals surface area contributed by atoms with Crippen molar-refractivity contribution in [3.05, 3.63) is 89.5 Å². The predicted octanol–water partition coefficient (Wildman–Crippen LogP) is 5.69. The van der Waals surface area contributed by atoms with Gasteiger partial charge in [-0.05, 0) is 49.4 Å². The van der Waals surface area contributed by atoms with Crippen molar-refractivity contribution in [1.82, 2.24) is 0 Å². The van der Waals surface area contributed by atoms with Crippen molar-refractivity contribution in [2.45, 2.75) is 29.7 Å². The maximum atomic E-state index is 13.0. The monoisotopic (exact) mass is 484 g/mol. The van der Waals surface area contributed by atoms with E-state index in [1.807, 2.05) is 19.1 Å². The number of hydrogen-bond donors (Lipinski definition) is 1. The standard InChI is InChI=1S/C25H19F3N2O3S/c1-15-9-11-18(12-10-15)30-22(31)14-21(24(30)33)34-20-8-3-2-7-19(20)23(32)29-17-6-4-5-16(13-17)25(26,27)28/h2-13,21H,14H2,1H3,(H,29,32). The van der Waals surface area contributed by atoms with Crippen LogP contribution < -0.4 is 10.2 Å². The Kier molecular flexibility index (Phi) is 6.47. The maximum absolute atomic E-state index is 13.0. The number of thioether (sulfide) groups is 1. The van der Waals surface area contributed by atoms with Gasteiger partial charge in [-0.15, -0.1) is 11.8 Å². The molecule has 34 heavy (non-hydrogen) atoms. The maximum Gasteiger partial charge on any atom is 0.416 e. The lowest BCUT2D eigenvalue weighted by atomic mass is 10.1. The van der Waals surface area contributed by atoms with E-state index < -0.39 is 22.9 Å². The zero-order chi connectivity index (χ0) is 24.5. The number of halogens is 3. The lowest BCUT2D eigenvalue weighted by molar-refractivity contribution is -0.137. The van der Waals surface area contributed by atoms with E-state index in [0.717, 1.165) is 34.4 Å². The van der Waals surface area contributed by atoms with Crippen LogP contribution in [-0.2, 0) is 15.8 Å². The third kappa shape index (κ3) is 4.99. The Hall–Kier alpha value is -3.59. The highest BCUT2D eigenvalue weighted by molar-refractivity contribution is 8.00. The number of rotatable bonds is 5. The third-order valence-corrected chi connectivity index (χ3v) is 6.51. The minimum Gasteiger partial charge on any atom is -0.322 e. The van der Waals surface area contributed by atoms with Gasteiger partial charge >= 0.3 is 6.18 Å². The zero-order valence-corrected chi connectivity index (χ0v) is 18.7. The summed E-state index contributed by atoms with van der Waals surface area (Å²) in [5.41, 5.74) is 0.796. The molecule has 3 amide bonds. The van der Waals surface area contributed by atoms with Crippen molar-refractivity contribution in [3.63, 3.8) is 0 Å². The van der Waals surface area contributed by atoms with Crippen molar-refractivity contribution in [2.75, 3.05) is 10.2 Å². The number of amides is 3. The molecule has 0 radical (unpaired) electrons. The second-order valence-corrected chi connectivity index (χ2v) is 8.99. The molecule has 4 rings (SSSR count). The van der Waals surface area contributed by atoms with Gasteiger partial charge < -0.3 is 5.32 Å². The Morgan fingerprint density at radius 2 is 1.71 bits per heavy atom. The van der Waals surface area contributed by atoms with Gasteiger partial charge in [0.25, 0.3) is 5.91 Å². The number of nitrogens with zero attached hydrogens (tertiary/aromatic N) is 1. The van der Waals surface area contributed by atoms with Gasteiger partial charge in [-0.1, -0.05) is 35.9 Å². The van der Waals surface area contributed by atoms with E-state index >= 15 is 0 Å². The van der Waals surface area contributed by atoms with E-state index in [2.05, 4.69) is 5.32 Å². The number of alkyl halides is 3. The Labute approximate surface area is 198 Å². The summed E-state index contributed by atoms with van der Waals surface area (Å²) in [5.74, 6) is -1.33. The minimum absolute atomic E-state index is 0.00250. The van der Waals surface area contributed by atoms with Crippen LogP contribution in [0.1, 0.15) is 27.9 Å². The first-order chi connectivity index (χ1) is 16.1. The number of carbonyl (C=O) groups excluding carboxylic acids is 3. The molecule has 1 N–H and O–H groups in total. The Bertz CT molecular complexity index is 1260. The first-order valence-corrected chi connectivity index (χ1v) is 11.2. The molecular formula is C25H19F3N2O3S. The van der Waals surface area contributed by atoms with Crippen molar-refractivity contribution < 1.29 is 27.6 Å².